The Labute approximate surface area is 122 Å². The molecule has 0 radical (unpaired) electrons. The molecule has 1 aromatic carbocycles. The number of halogens is 1. The number of benzene rings is 1. The molecule has 5 heteroatoms. The summed E-state index contributed by atoms with van der Waals surface area (Å²) in [6.45, 7) is 5.35. The summed E-state index contributed by atoms with van der Waals surface area (Å²) >= 11 is 1.50. The second kappa shape index (κ2) is 7.36. The first-order chi connectivity index (χ1) is 9.70. The zero-order chi connectivity index (χ0) is 14.4. The van der Waals surface area contributed by atoms with E-state index in [0.717, 1.165) is 24.2 Å². The van der Waals surface area contributed by atoms with Crippen molar-refractivity contribution < 1.29 is 9.13 Å². The van der Waals surface area contributed by atoms with Crippen molar-refractivity contribution in [3.05, 3.63) is 46.2 Å². The van der Waals surface area contributed by atoms with Crippen LogP contribution in [0.25, 0.3) is 0 Å². The van der Waals surface area contributed by atoms with Crippen LogP contribution in [0.5, 0.6) is 5.75 Å². The third-order valence-corrected chi connectivity index (χ3v) is 3.65. The minimum atomic E-state index is -0.331. The molecule has 0 saturated carbocycles. The summed E-state index contributed by atoms with van der Waals surface area (Å²) in [6, 6.07) is 5.24. The lowest BCUT2D eigenvalue weighted by Gasteiger charge is -2.15. The fraction of sp³-hybridized carbons (Fsp3) is 0.400. The van der Waals surface area contributed by atoms with Crippen LogP contribution in [-0.2, 0) is 6.61 Å². The first-order valence-corrected chi connectivity index (χ1v) is 7.67. The Hall–Kier alpha value is -1.46. The smallest absolute Gasteiger partial charge is 0.165 e. The van der Waals surface area contributed by atoms with Crippen molar-refractivity contribution in [2.75, 3.05) is 6.54 Å². The lowest BCUT2D eigenvalue weighted by atomic mass is 10.1. The van der Waals surface area contributed by atoms with E-state index in [-0.39, 0.29) is 17.6 Å². The Morgan fingerprint density at radius 1 is 1.45 bits per heavy atom. The molecule has 0 aliphatic heterocycles. The number of hydrogen-bond donors (Lipinski definition) is 1. The summed E-state index contributed by atoms with van der Waals surface area (Å²) in [4.78, 5) is 4.10. The predicted molar refractivity (Wildman–Crippen MR) is 79.6 cm³/mol. The first-order valence-electron chi connectivity index (χ1n) is 6.73. The molecule has 0 aliphatic rings. The number of nitrogens with one attached hydrogen (secondary N) is 1. The van der Waals surface area contributed by atoms with Gasteiger partial charge in [-0.25, -0.2) is 9.37 Å². The standard InChI is InChI=1S/C15H19FN2OS/c1-3-6-17-11(2)12-4-5-15(14(16)7-12)19-8-13-9-20-10-18-13/h4-5,7,9-11,17H,3,6,8H2,1-2H3. The molecule has 20 heavy (non-hydrogen) atoms. The van der Waals surface area contributed by atoms with Crippen LogP contribution in [0.2, 0.25) is 0 Å². The molecule has 2 rings (SSSR count). The normalized spacial score (nSPS) is 12.3. The van der Waals surface area contributed by atoms with Gasteiger partial charge < -0.3 is 10.1 Å². The van der Waals surface area contributed by atoms with E-state index in [2.05, 4.69) is 17.2 Å². The van der Waals surface area contributed by atoms with Gasteiger partial charge in [0.15, 0.2) is 11.6 Å². The quantitative estimate of drug-likeness (QED) is 0.840. The van der Waals surface area contributed by atoms with Gasteiger partial charge in [-0.15, -0.1) is 11.3 Å². The van der Waals surface area contributed by atoms with E-state index in [1.165, 1.54) is 17.4 Å². The van der Waals surface area contributed by atoms with E-state index in [9.17, 15) is 4.39 Å². The van der Waals surface area contributed by atoms with E-state index in [0.29, 0.717) is 6.61 Å². The molecule has 3 nitrogen and oxygen atoms in total. The van der Waals surface area contributed by atoms with Crippen LogP contribution in [0.1, 0.15) is 37.6 Å². The zero-order valence-corrected chi connectivity index (χ0v) is 12.5. The van der Waals surface area contributed by atoms with Crippen molar-refractivity contribution in [1.29, 1.82) is 0 Å². The van der Waals surface area contributed by atoms with Crippen molar-refractivity contribution in [3.8, 4) is 5.75 Å². The monoisotopic (exact) mass is 294 g/mol. The summed E-state index contributed by atoms with van der Waals surface area (Å²) in [5, 5.41) is 5.23. The Morgan fingerprint density at radius 3 is 2.95 bits per heavy atom. The van der Waals surface area contributed by atoms with E-state index in [1.54, 1.807) is 11.6 Å². The third-order valence-electron chi connectivity index (χ3n) is 3.02. The van der Waals surface area contributed by atoms with Gasteiger partial charge in [0.2, 0.25) is 0 Å². The Morgan fingerprint density at radius 2 is 2.30 bits per heavy atom. The van der Waals surface area contributed by atoms with Crippen molar-refractivity contribution in [3.63, 3.8) is 0 Å². The molecule has 1 unspecified atom stereocenters. The van der Waals surface area contributed by atoms with E-state index in [4.69, 9.17) is 4.74 Å². The SMILES string of the molecule is CCCNC(C)c1ccc(OCc2cscn2)c(F)c1. The molecule has 0 fully saturated rings. The van der Waals surface area contributed by atoms with Crippen LogP contribution in [0, 0.1) is 5.82 Å². The van der Waals surface area contributed by atoms with Crippen LogP contribution in [0.15, 0.2) is 29.1 Å². The number of ether oxygens (including phenoxy) is 1. The minimum Gasteiger partial charge on any atom is -0.484 e. The highest BCUT2D eigenvalue weighted by Gasteiger charge is 2.10. The van der Waals surface area contributed by atoms with Gasteiger partial charge in [0.05, 0.1) is 11.2 Å². The van der Waals surface area contributed by atoms with E-state index < -0.39 is 0 Å². The second-order valence-corrected chi connectivity index (χ2v) is 5.35. The molecule has 108 valence electrons. The van der Waals surface area contributed by atoms with E-state index >= 15 is 0 Å². The molecule has 2 aromatic rings. The van der Waals surface area contributed by atoms with Crippen LogP contribution in [0.3, 0.4) is 0 Å². The molecule has 0 bridgehead atoms. The van der Waals surface area contributed by atoms with Crippen LogP contribution >= 0.6 is 11.3 Å². The highest BCUT2D eigenvalue weighted by molar-refractivity contribution is 7.07. The van der Waals surface area contributed by atoms with Gasteiger partial charge in [-0.1, -0.05) is 13.0 Å². The molecule has 1 atom stereocenters. The average Bonchev–Trinajstić information content (AvgIpc) is 2.96. The van der Waals surface area contributed by atoms with Gasteiger partial charge in [-0.05, 0) is 37.6 Å². The van der Waals surface area contributed by atoms with Crippen molar-refractivity contribution in [2.24, 2.45) is 0 Å². The van der Waals surface area contributed by atoms with Gasteiger partial charge >= 0.3 is 0 Å². The first kappa shape index (κ1) is 14.9. The maximum atomic E-state index is 14.0. The highest BCUT2D eigenvalue weighted by Crippen LogP contribution is 2.23. The van der Waals surface area contributed by atoms with Gasteiger partial charge in [0.1, 0.15) is 6.61 Å². The van der Waals surface area contributed by atoms with Gasteiger partial charge in [-0.3, -0.25) is 0 Å². The Balaban J connectivity index is 1.98. The summed E-state index contributed by atoms with van der Waals surface area (Å²) in [5.41, 5.74) is 3.48. The minimum absolute atomic E-state index is 0.136. The molecule has 0 aliphatic carbocycles. The summed E-state index contributed by atoms with van der Waals surface area (Å²) in [6.07, 6.45) is 1.06. The molecule has 1 heterocycles. The maximum Gasteiger partial charge on any atom is 0.165 e. The highest BCUT2D eigenvalue weighted by atomic mass is 32.1. The van der Waals surface area contributed by atoms with Crippen molar-refractivity contribution in [1.82, 2.24) is 10.3 Å². The Kier molecular flexibility index (Phi) is 5.49. The second-order valence-electron chi connectivity index (χ2n) is 4.63. The third kappa shape index (κ3) is 4.02. The fourth-order valence-corrected chi connectivity index (χ4v) is 2.39. The number of nitrogens with zero attached hydrogens (tertiary/aromatic N) is 1. The molecular weight excluding hydrogens is 275 g/mol. The topological polar surface area (TPSA) is 34.1 Å². The number of rotatable bonds is 7. The molecule has 0 amide bonds. The molecular formula is C15H19FN2OS. The molecule has 0 saturated heterocycles. The van der Waals surface area contributed by atoms with Crippen molar-refractivity contribution >= 4 is 11.3 Å². The lowest BCUT2D eigenvalue weighted by molar-refractivity contribution is 0.286. The summed E-state index contributed by atoms with van der Waals surface area (Å²) in [7, 11) is 0. The van der Waals surface area contributed by atoms with Crippen LogP contribution < -0.4 is 10.1 Å². The zero-order valence-electron chi connectivity index (χ0n) is 11.7. The van der Waals surface area contributed by atoms with Gasteiger partial charge in [0, 0.05) is 11.4 Å². The summed E-state index contributed by atoms with van der Waals surface area (Å²) < 4.78 is 19.4. The largest absolute Gasteiger partial charge is 0.484 e. The molecule has 1 N–H and O–H groups in total. The van der Waals surface area contributed by atoms with Crippen LogP contribution in [0.4, 0.5) is 4.39 Å². The van der Waals surface area contributed by atoms with Crippen LogP contribution in [-0.4, -0.2) is 11.5 Å². The molecule has 1 aromatic heterocycles. The number of thiazole rings is 1. The fourth-order valence-electron chi connectivity index (χ4n) is 1.84. The van der Waals surface area contributed by atoms with Gasteiger partial charge in [-0.2, -0.15) is 0 Å². The number of hydrogen-bond acceptors (Lipinski definition) is 4. The summed E-state index contributed by atoms with van der Waals surface area (Å²) in [5.74, 6) is -0.0627. The van der Waals surface area contributed by atoms with Gasteiger partial charge in [0.25, 0.3) is 0 Å². The maximum absolute atomic E-state index is 14.0. The lowest BCUT2D eigenvalue weighted by Crippen LogP contribution is -2.19. The predicted octanol–water partition coefficient (Wildman–Crippen LogP) is 3.92. The Bertz CT molecular complexity index is 531. The average molecular weight is 294 g/mol. The van der Waals surface area contributed by atoms with E-state index in [1.807, 2.05) is 18.4 Å². The van der Waals surface area contributed by atoms with Crippen molar-refractivity contribution in [2.45, 2.75) is 32.9 Å². The molecule has 0 spiro atoms. The number of aromatic nitrogens is 1.